The Morgan fingerprint density at radius 1 is 1.50 bits per heavy atom. The third kappa shape index (κ3) is 1.21. The number of rotatable bonds is 2. The molecule has 0 bridgehead atoms. The molecule has 0 saturated heterocycles. The monoisotopic (exact) mass is 160 g/mol. The summed E-state index contributed by atoms with van der Waals surface area (Å²) in [6.45, 7) is 0.191. The van der Waals surface area contributed by atoms with E-state index in [0.717, 1.165) is 16.6 Å². The number of fused-ring (bicyclic) bond motifs is 1. The molecule has 0 unspecified atom stereocenters. The van der Waals surface area contributed by atoms with Crippen LogP contribution in [0.5, 0.6) is 0 Å². The normalized spacial score (nSPS) is 10.8. The molecule has 0 spiro atoms. The highest BCUT2D eigenvalue weighted by molar-refractivity contribution is 5.79. The van der Waals surface area contributed by atoms with Gasteiger partial charge in [-0.15, -0.1) is 0 Å². The first-order valence-corrected chi connectivity index (χ1v) is 3.99. The molecule has 12 heavy (non-hydrogen) atoms. The molecule has 0 aliphatic heterocycles. The summed E-state index contributed by atoms with van der Waals surface area (Å²) in [6.07, 6.45) is 0.689. The minimum atomic E-state index is 0.191. The van der Waals surface area contributed by atoms with Crippen LogP contribution in [-0.2, 0) is 6.42 Å². The molecule has 2 nitrogen and oxygen atoms in total. The molecule has 2 N–H and O–H groups in total. The molecule has 0 fully saturated rings. The number of aliphatic hydroxyl groups excluding tert-OH is 1. The summed E-state index contributed by atoms with van der Waals surface area (Å²) in [7, 11) is 0. The van der Waals surface area contributed by atoms with Gasteiger partial charge in [0.1, 0.15) is 0 Å². The van der Waals surface area contributed by atoms with Crippen LogP contribution in [0.15, 0.2) is 24.3 Å². The van der Waals surface area contributed by atoms with E-state index in [1.54, 1.807) is 0 Å². The Hall–Kier alpha value is -1.28. The first-order chi connectivity index (χ1) is 5.90. The molecule has 0 aliphatic rings. The fourth-order valence-corrected chi connectivity index (χ4v) is 1.33. The largest absolute Gasteiger partial charge is 0.396 e. The van der Waals surface area contributed by atoms with Crippen LogP contribution in [-0.4, -0.2) is 16.7 Å². The third-order valence-corrected chi connectivity index (χ3v) is 1.90. The summed E-state index contributed by atoms with van der Waals surface area (Å²) in [4.78, 5) is 3.22. The van der Waals surface area contributed by atoms with Gasteiger partial charge in [0.05, 0.1) is 0 Å². The van der Waals surface area contributed by atoms with Gasteiger partial charge in [-0.2, -0.15) is 0 Å². The van der Waals surface area contributed by atoms with E-state index in [0.29, 0.717) is 6.42 Å². The van der Waals surface area contributed by atoms with E-state index in [1.165, 1.54) is 0 Å². The Labute approximate surface area is 70.8 Å². The second-order valence-electron chi connectivity index (χ2n) is 2.78. The lowest BCUT2D eigenvalue weighted by atomic mass is 10.2. The second kappa shape index (κ2) is 2.99. The molecule has 2 heteroatoms. The molecule has 1 aromatic heterocycles. The van der Waals surface area contributed by atoms with Crippen molar-refractivity contribution >= 4 is 10.9 Å². The molecule has 1 heterocycles. The maximum Gasteiger partial charge on any atom is 0.0485 e. The summed E-state index contributed by atoms with van der Waals surface area (Å²) in [5, 5.41) is 9.87. The summed E-state index contributed by atoms with van der Waals surface area (Å²) in [6, 6.07) is 10.8. The first kappa shape index (κ1) is 7.37. The van der Waals surface area contributed by atoms with Gasteiger partial charge >= 0.3 is 0 Å². The quantitative estimate of drug-likeness (QED) is 0.686. The van der Waals surface area contributed by atoms with Crippen molar-refractivity contribution in [1.29, 1.82) is 0 Å². The molecule has 1 aromatic carbocycles. The fraction of sp³-hybridized carbons (Fsp3) is 0.200. The van der Waals surface area contributed by atoms with E-state index in [-0.39, 0.29) is 6.61 Å². The maximum absolute atomic E-state index is 8.72. The van der Waals surface area contributed by atoms with Gasteiger partial charge in [0.25, 0.3) is 0 Å². The van der Waals surface area contributed by atoms with E-state index in [4.69, 9.17) is 5.11 Å². The number of aromatic amines is 1. The standard InChI is InChI=1S/C10H10NO/c12-6-5-9-7-8-3-1-2-4-10(8)11-9/h2-4,7,11-12H,5-6H2. The van der Waals surface area contributed by atoms with Crippen molar-refractivity contribution in [2.24, 2.45) is 0 Å². The van der Waals surface area contributed by atoms with Crippen LogP contribution in [0.3, 0.4) is 0 Å². The van der Waals surface area contributed by atoms with Gasteiger partial charge in [-0.05, 0) is 24.3 Å². The highest BCUT2D eigenvalue weighted by atomic mass is 16.3. The molecule has 2 rings (SSSR count). The van der Waals surface area contributed by atoms with Crippen molar-refractivity contribution in [2.75, 3.05) is 6.61 Å². The Morgan fingerprint density at radius 2 is 2.42 bits per heavy atom. The number of aliphatic hydroxyl groups is 1. The van der Waals surface area contributed by atoms with E-state index >= 15 is 0 Å². The lowest BCUT2D eigenvalue weighted by Crippen LogP contribution is -1.88. The molecule has 1 radical (unpaired) electrons. The molecule has 0 aliphatic carbocycles. The molecule has 2 aromatic rings. The van der Waals surface area contributed by atoms with Crippen LogP contribution < -0.4 is 0 Å². The molecule has 0 saturated carbocycles. The lowest BCUT2D eigenvalue weighted by Gasteiger charge is -1.88. The van der Waals surface area contributed by atoms with Gasteiger partial charge in [0.2, 0.25) is 0 Å². The maximum atomic E-state index is 8.72. The van der Waals surface area contributed by atoms with Crippen molar-refractivity contribution in [3.63, 3.8) is 0 Å². The van der Waals surface area contributed by atoms with Gasteiger partial charge in [0.15, 0.2) is 0 Å². The van der Waals surface area contributed by atoms with Crippen molar-refractivity contribution in [3.05, 3.63) is 36.0 Å². The Bertz CT molecular complexity index is 345. The van der Waals surface area contributed by atoms with Crippen LogP contribution >= 0.6 is 0 Å². The molecule has 0 atom stereocenters. The zero-order chi connectivity index (χ0) is 8.39. The summed E-state index contributed by atoms with van der Waals surface area (Å²) >= 11 is 0. The number of benzene rings is 1. The molecular formula is C10H10NO. The van der Waals surface area contributed by atoms with Crippen molar-refractivity contribution < 1.29 is 5.11 Å². The predicted octanol–water partition coefficient (Wildman–Crippen LogP) is 1.50. The van der Waals surface area contributed by atoms with Crippen molar-refractivity contribution in [3.8, 4) is 0 Å². The van der Waals surface area contributed by atoms with E-state index < -0.39 is 0 Å². The summed E-state index contributed by atoms with van der Waals surface area (Å²) < 4.78 is 0. The zero-order valence-corrected chi connectivity index (χ0v) is 6.67. The van der Waals surface area contributed by atoms with Gasteiger partial charge in [-0.3, -0.25) is 0 Å². The van der Waals surface area contributed by atoms with Crippen LogP contribution in [0, 0.1) is 6.07 Å². The minimum Gasteiger partial charge on any atom is -0.396 e. The van der Waals surface area contributed by atoms with Gasteiger partial charge in [-0.25, -0.2) is 0 Å². The van der Waals surface area contributed by atoms with Gasteiger partial charge in [0, 0.05) is 29.6 Å². The Morgan fingerprint density at radius 3 is 3.17 bits per heavy atom. The van der Waals surface area contributed by atoms with Crippen molar-refractivity contribution in [2.45, 2.75) is 6.42 Å². The highest BCUT2D eigenvalue weighted by Gasteiger charge is 1.97. The van der Waals surface area contributed by atoms with Crippen molar-refractivity contribution in [1.82, 2.24) is 4.98 Å². The minimum absolute atomic E-state index is 0.191. The van der Waals surface area contributed by atoms with Gasteiger partial charge < -0.3 is 10.1 Å². The summed E-state index contributed by atoms with van der Waals surface area (Å²) in [5.41, 5.74) is 2.18. The molecule has 0 amide bonds. The first-order valence-electron chi connectivity index (χ1n) is 3.99. The number of hydrogen-bond donors (Lipinski definition) is 2. The average molecular weight is 160 g/mol. The van der Waals surface area contributed by atoms with Crippen LogP contribution in [0.2, 0.25) is 0 Å². The zero-order valence-electron chi connectivity index (χ0n) is 6.67. The Balaban J connectivity index is 2.47. The second-order valence-corrected chi connectivity index (χ2v) is 2.78. The third-order valence-electron chi connectivity index (χ3n) is 1.90. The smallest absolute Gasteiger partial charge is 0.0485 e. The average Bonchev–Trinajstić information content (AvgIpc) is 2.47. The van der Waals surface area contributed by atoms with Gasteiger partial charge in [-0.1, -0.05) is 6.07 Å². The SMILES string of the molecule is OCCc1cc2c[c]ccc2[nH]1. The van der Waals surface area contributed by atoms with E-state index in [1.807, 2.05) is 24.3 Å². The number of aromatic nitrogens is 1. The number of H-pyrrole nitrogens is 1. The van der Waals surface area contributed by atoms with E-state index in [2.05, 4.69) is 11.1 Å². The molecule has 61 valence electrons. The van der Waals surface area contributed by atoms with Crippen LogP contribution in [0.4, 0.5) is 0 Å². The highest BCUT2D eigenvalue weighted by Crippen LogP contribution is 2.14. The summed E-state index contributed by atoms with van der Waals surface area (Å²) in [5.74, 6) is 0. The number of nitrogens with one attached hydrogen (secondary N) is 1. The number of hydrogen-bond acceptors (Lipinski definition) is 1. The van der Waals surface area contributed by atoms with E-state index in [9.17, 15) is 0 Å². The topological polar surface area (TPSA) is 36.0 Å². The predicted molar refractivity (Wildman–Crippen MR) is 47.9 cm³/mol. The lowest BCUT2D eigenvalue weighted by molar-refractivity contribution is 0.298. The Kier molecular flexibility index (Phi) is 1.84. The van der Waals surface area contributed by atoms with Crippen LogP contribution in [0.1, 0.15) is 5.69 Å². The molecular weight excluding hydrogens is 150 g/mol. The fourth-order valence-electron chi connectivity index (χ4n) is 1.33. The van der Waals surface area contributed by atoms with Crippen LogP contribution in [0.25, 0.3) is 10.9 Å².